The predicted octanol–water partition coefficient (Wildman–Crippen LogP) is 3.03. The molecular formula is C15H16ClN7O3. The number of hydrogen-bond donors (Lipinski definition) is 2. The lowest BCUT2D eigenvalue weighted by molar-refractivity contribution is 0.0579. The third-order valence-electron chi connectivity index (χ3n) is 3.00. The molecule has 0 aliphatic carbocycles. The molecule has 0 atom stereocenters. The number of rotatable bonds is 3. The number of aromatic nitrogens is 4. The largest absolute Gasteiger partial charge is 0.442 e. The van der Waals surface area contributed by atoms with Gasteiger partial charge in [-0.15, -0.1) is 0 Å². The third kappa shape index (κ3) is 3.98. The molecule has 2 aromatic heterocycles. The number of carbonyl (C=O) groups is 1. The molecular weight excluding hydrogens is 362 g/mol. The van der Waals surface area contributed by atoms with E-state index in [1.165, 1.54) is 0 Å². The van der Waals surface area contributed by atoms with Crippen LogP contribution in [0.5, 0.6) is 0 Å². The summed E-state index contributed by atoms with van der Waals surface area (Å²) in [5.41, 5.74) is 0.121. The number of carbonyl (C=O) groups excluding carboxylic acids is 1. The SMILES string of the molecule is CC(C)(C)OC(=O)N(N)c1nc2nonc2nc1Nc1cccc(Cl)c1. The third-order valence-corrected chi connectivity index (χ3v) is 3.24. The van der Waals surface area contributed by atoms with Crippen LogP contribution in [0.3, 0.4) is 0 Å². The normalized spacial score (nSPS) is 11.4. The lowest BCUT2D eigenvalue weighted by Crippen LogP contribution is -2.42. The van der Waals surface area contributed by atoms with E-state index in [0.29, 0.717) is 10.7 Å². The van der Waals surface area contributed by atoms with Gasteiger partial charge in [-0.05, 0) is 49.3 Å². The maximum atomic E-state index is 12.3. The Labute approximate surface area is 153 Å². The van der Waals surface area contributed by atoms with Crippen LogP contribution < -0.4 is 16.2 Å². The Morgan fingerprint density at radius 1 is 1.27 bits per heavy atom. The molecule has 136 valence electrons. The number of hydrazine groups is 1. The van der Waals surface area contributed by atoms with Crippen LogP contribution in [0.4, 0.5) is 22.1 Å². The van der Waals surface area contributed by atoms with E-state index in [2.05, 4.69) is 30.2 Å². The molecule has 3 N–H and O–H groups in total. The summed E-state index contributed by atoms with van der Waals surface area (Å²) in [5.74, 6) is 6.05. The first kappa shape index (κ1) is 17.8. The van der Waals surface area contributed by atoms with Crippen LogP contribution >= 0.6 is 11.6 Å². The number of nitrogens with one attached hydrogen (secondary N) is 1. The molecule has 0 spiro atoms. The van der Waals surface area contributed by atoms with Gasteiger partial charge in [0.05, 0.1) is 0 Å². The fourth-order valence-electron chi connectivity index (χ4n) is 1.98. The second-order valence-electron chi connectivity index (χ2n) is 6.29. The standard InChI is InChI=1S/C15H16ClN7O3/c1-15(2,3)25-14(24)23(17)13-12(18-9-6-4-5-8(16)7-9)19-10-11(20-13)22-26-21-10/h4-7H,17H2,1-3H3,(H,18,19,21). The average molecular weight is 378 g/mol. The van der Waals surface area contributed by atoms with Crippen molar-refractivity contribution in [2.75, 3.05) is 10.3 Å². The van der Waals surface area contributed by atoms with Crippen molar-refractivity contribution in [2.24, 2.45) is 5.84 Å². The zero-order valence-corrected chi connectivity index (χ0v) is 15.0. The van der Waals surface area contributed by atoms with E-state index in [1.54, 1.807) is 45.0 Å². The van der Waals surface area contributed by atoms with Gasteiger partial charge in [-0.3, -0.25) is 0 Å². The Morgan fingerprint density at radius 2 is 1.96 bits per heavy atom. The van der Waals surface area contributed by atoms with E-state index in [-0.39, 0.29) is 22.9 Å². The zero-order chi connectivity index (χ0) is 18.9. The lowest BCUT2D eigenvalue weighted by atomic mass is 10.2. The van der Waals surface area contributed by atoms with Gasteiger partial charge in [0.1, 0.15) is 5.60 Å². The second kappa shape index (κ2) is 6.73. The average Bonchev–Trinajstić information content (AvgIpc) is 2.99. The molecule has 3 aromatic rings. The highest BCUT2D eigenvalue weighted by molar-refractivity contribution is 6.30. The fraction of sp³-hybridized carbons (Fsp3) is 0.267. The highest BCUT2D eigenvalue weighted by Crippen LogP contribution is 2.27. The van der Waals surface area contributed by atoms with Gasteiger partial charge < -0.3 is 10.1 Å². The van der Waals surface area contributed by atoms with Crippen LogP contribution in [-0.4, -0.2) is 32.0 Å². The van der Waals surface area contributed by atoms with Crippen molar-refractivity contribution < 1.29 is 14.2 Å². The molecule has 0 saturated heterocycles. The van der Waals surface area contributed by atoms with E-state index in [9.17, 15) is 4.79 Å². The van der Waals surface area contributed by atoms with Crippen LogP contribution in [0, 0.1) is 0 Å². The molecule has 3 rings (SSSR count). The Kier molecular flexibility index (Phi) is 4.62. The summed E-state index contributed by atoms with van der Waals surface area (Å²) in [4.78, 5) is 20.7. The van der Waals surface area contributed by atoms with Gasteiger partial charge in [-0.1, -0.05) is 17.7 Å². The van der Waals surface area contributed by atoms with Crippen LogP contribution in [-0.2, 0) is 4.74 Å². The number of nitrogens with two attached hydrogens (primary N) is 1. The molecule has 0 fully saturated rings. The van der Waals surface area contributed by atoms with Crippen molar-refractivity contribution in [1.29, 1.82) is 0 Å². The van der Waals surface area contributed by atoms with Crippen molar-refractivity contribution in [3.05, 3.63) is 29.3 Å². The summed E-state index contributed by atoms with van der Waals surface area (Å²) < 4.78 is 9.87. The highest BCUT2D eigenvalue weighted by atomic mass is 35.5. The van der Waals surface area contributed by atoms with Crippen molar-refractivity contribution in [2.45, 2.75) is 26.4 Å². The van der Waals surface area contributed by atoms with E-state index < -0.39 is 11.7 Å². The molecule has 10 nitrogen and oxygen atoms in total. The van der Waals surface area contributed by atoms with E-state index >= 15 is 0 Å². The van der Waals surface area contributed by atoms with Crippen molar-refractivity contribution in [1.82, 2.24) is 20.3 Å². The number of ether oxygens (including phenoxy) is 1. The van der Waals surface area contributed by atoms with Gasteiger partial charge in [-0.25, -0.2) is 20.3 Å². The van der Waals surface area contributed by atoms with Crippen molar-refractivity contribution in [3.63, 3.8) is 0 Å². The fourth-order valence-corrected chi connectivity index (χ4v) is 2.17. The quantitative estimate of drug-likeness (QED) is 0.401. The minimum Gasteiger partial charge on any atom is -0.442 e. The number of anilines is 3. The highest BCUT2D eigenvalue weighted by Gasteiger charge is 2.26. The van der Waals surface area contributed by atoms with Crippen LogP contribution in [0.2, 0.25) is 5.02 Å². The molecule has 1 aromatic carbocycles. The molecule has 0 bridgehead atoms. The number of halogens is 1. The first-order valence-electron chi connectivity index (χ1n) is 7.53. The molecule has 0 saturated carbocycles. The number of benzene rings is 1. The summed E-state index contributed by atoms with van der Waals surface area (Å²) in [6, 6.07) is 6.91. The minimum atomic E-state index is -0.809. The van der Waals surface area contributed by atoms with Crippen LogP contribution in [0.1, 0.15) is 20.8 Å². The van der Waals surface area contributed by atoms with Crippen molar-refractivity contribution >= 4 is 46.3 Å². The van der Waals surface area contributed by atoms with Crippen LogP contribution in [0.15, 0.2) is 28.9 Å². The molecule has 1 amide bonds. The van der Waals surface area contributed by atoms with Gasteiger partial charge in [0.25, 0.3) is 0 Å². The van der Waals surface area contributed by atoms with E-state index in [1.807, 2.05) is 0 Å². The number of amides is 1. The Bertz CT molecular complexity index is 954. The molecule has 11 heteroatoms. The molecule has 0 unspecified atom stereocenters. The van der Waals surface area contributed by atoms with Crippen molar-refractivity contribution in [3.8, 4) is 0 Å². The van der Waals surface area contributed by atoms with Gasteiger partial charge in [0.15, 0.2) is 11.6 Å². The summed E-state index contributed by atoms with van der Waals surface area (Å²) in [6.07, 6.45) is -0.809. The molecule has 0 aliphatic rings. The van der Waals surface area contributed by atoms with Gasteiger partial charge in [0, 0.05) is 10.7 Å². The smallest absolute Gasteiger partial charge is 0.430 e. The number of fused-ring (bicyclic) bond motifs is 1. The monoisotopic (exact) mass is 377 g/mol. The number of nitrogens with zero attached hydrogens (tertiary/aromatic N) is 5. The lowest BCUT2D eigenvalue weighted by Gasteiger charge is -2.24. The first-order valence-corrected chi connectivity index (χ1v) is 7.91. The molecule has 26 heavy (non-hydrogen) atoms. The second-order valence-corrected chi connectivity index (χ2v) is 6.73. The van der Waals surface area contributed by atoms with Gasteiger partial charge in [0.2, 0.25) is 11.3 Å². The maximum Gasteiger partial charge on any atom is 0.430 e. The van der Waals surface area contributed by atoms with E-state index in [4.69, 9.17) is 22.2 Å². The maximum absolute atomic E-state index is 12.3. The van der Waals surface area contributed by atoms with Gasteiger partial charge >= 0.3 is 6.09 Å². The summed E-state index contributed by atoms with van der Waals surface area (Å²) in [7, 11) is 0. The topological polar surface area (TPSA) is 132 Å². The molecule has 0 radical (unpaired) electrons. The summed E-state index contributed by atoms with van der Waals surface area (Å²) in [6.45, 7) is 5.17. The van der Waals surface area contributed by atoms with Gasteiger partial charge in [-0.2, -0.15) is 9.99 Å². The molecule has 2 heterocycles. The summed E-state index contributed by atoms with van der Waals surface area (Å²) >= 11 is 5.99. The Hall–Kier alpha value is -2.98. The van der Waals surface area contributed by atoms with E-state index in [0.717, 1.165) is 5.01 Å². The molecule has 0 aliphatic heterocycles. The Balaban J connectivity index is 2.00. The predicted molar refractivity (Wildman–Crippen MR) is 95.0 cm³/mol. The first-order chi connectivity index (χ1) is 12.2. The zero-order valence-electron chi connectivity index (χ0n) is 14.2. The Morgan fingerprint density at radius 3 is 2.62 bits per heavy atom. The summed E-state index contributed by atoms with van der Waals surface area (Å²) in [5, 5.41) is 11.5. The number of hydrogen-bond acceptors (Lipinski definition) is 9. The minimum absolute atomic E-state index is 0.0116. The van der Waals surface area contributed by atoms with Crippen LogP contribution in [0.25, 0.3) is 11.3 Å².